The summed E-state index contributed by atoms with van der Waals surface area (Å²) in [5.41, 5.74) is 5.82. The van der Waals surface area contributed by atoms with Crippen molar-refractivity contribution in [2.75, 3.05) is 11.9 Å². The van der Waals surface area contributed by atoms with Crippen LogP contribution < -0.4 is 11.1 Å². The summed E-state index contributed by atoms with van der Waals surface area (Å²) in [4.78, 5) is 4.44. The molecule has 0 aliphatic rings. The largest absolute Gasteiger partial charge is 0.366 e. The Hall–Kier alpha value is -1.61. The maximum atomic E-state index is 5.82. The number of fused-ring (bicyclic) bond motifs is 1. The molecule has 0 aliphatic heterocycles. The van der Waals surface area contributed by atoms with Gasteiger partial charge < -0.3 is 11.1 Å². The highest BCUT2D eigenvalue weighted by Crippen LogP contribution is 2.21. The summed E-state index contributed by atoms with van der Waals surface area (Å²) >= 11 is 0. The molecule has 18 heavy (non-hydrogen) atoms. The van der Waals surface area contributed by atoms with Gasteiger partial charge in [0.05, 0.1) is 0 Å². The van der Waals surface area contributed by atoms with Crippen molar-refractivity contribution in [3.05, 3.63) is 36.5 Å². The second-order valence-corrected chi connectivity index (χ2v) is 5.09. The fourth-order valence-corrected chi connectivity index (χ4v) is 2.21. The Morgan fingerprint density at radius 1 is 1.22 bits per heavy atom. The molecule has 0 saturated carbocycles. The molecule has 3 nitrogen and oxygen atoms in total. The van der Waals surface area contributed by atoms with Crippen molar-refractivity contribution in [2.45, 2.75) is 26.3 Å². The van der Waals surface area contributed by atoms with Crippen molar-refractivity contribution >= 4 is 16.6 Å². The van der Waals surface area contributed by atoms with E-state index in [-0.39, 0.29) is 6.04 Å². The molecule has 0 amide bonds. The van der Waals surface area contributed by atoms with Gasteiger partial charge in [0, 0.05) is 24.2 Å². The molecule has 3 N–H and O–H groups in total. The van der Waals surface area contributed by atoms with Gasteiger partial charge in [-0.1, -0.05) is 38.1 Å². The fourth-order valence-electron chi connectivity index (χ4n) is 2.21. The second kappa shape index (κ2) is 5.83. The smallest absolute Gasteiger partial charge is 0.134 e. The number of anilines is 1. The summed E-state index contributed by atoms with van der Waals surface area (Å²) in [5, 5.41) is 5.83. The third kappa shape index (κ3) is 2.99. The number of pyridine rings is 1. The molecule has 1 atom stereocenters. The zero-order valence-electron chi connectivity index (χ0n) is 11.1. The minimum Gasteiger partial charge on any atom is -0.366 e. The lowest BCUT2D eigenvalue weighted by molar-refractivity contribution is 0.521. The number of nitrogens with zero attached hydrogens (tertiary/aromatic N) is 1. The fraction of sp³-hybridized carbons (Fsp3) is 0.400. The Labute approximate surface area is 108 Å². The van der Waals surface area contributed by atoms with Crippen molar-refractivity contribution in [1.29, 1.82) is 0 Å². The standard InChI is InChI=1S/C15H21N3/c1-11(2)9-13(10-16)18-15-14-6-4-3-5-12(14)7-8-17-15/h3-8,11,13H,9-10,16H2,1-2H3,(H,17,18). The van der Waals surface area contributed by atoms with E-state index in [1.165, 1.54) is 5.39 Å². The van der Waals surface area contributed by atoms with Crippen LogP contribution in [0.15, 0.2) is 36.5 Å². The van der Waals surface area contributed by atoms with Crippen LogP contribution in [0.4, 0.5) is 5.82 Å². The maximum absolute atomic E-state index is 5.82. The first-order chi connectivity index (χ1) is 8.70. The monoisotopic (exact) mass is 243 g/mol. The molecule has 0 spiro atoms. The van der Waals surface area contributed by atoms with Crippen molar-refractivity contribution in [3.8, 4) is 0 Å². The molecule has 0 saturated heterocycles. The van der Waals surface area contributed by atoms with Gasteiger partial charge in [-0.05, 0) is 23.8 Å². The molecule has 2 aromatic rings. The van der Waals surface area contributed by atoms with Gasteiger partial charge in [-0.25, -0.2) is 4.98 Å². The first kappa shape index (κ1) is 12.8. The van der Waals surface area contributed by atoms with Crippen molar-refractivity contribution in [3.63, 3.8) is 0 Å². The van der Waals surface area contributed by atoms with E-state index in [0.29, 0.717) is 12.5 Å². The molecule has 96 valence electrons. The lowest BCUT2D eigenvalue weighted by atomic mass is 10.0. The molecule has 0 radical (unpaired) electrons. The Morgan fingerprint density at radius 2 is 2.00 bits per heavy atom. The Kier molecular flexibility index (Phi) is 4.15. The molecule has 0 bridgehead atoms. The van der Waals surface area contributed by atoms with Gasteiger partial charge in [0.15, 0.2) is 0 Å². The van der Waals surface area contributed by atoms with E-state index in [1.807, 2.05) is 24.4 Å². The molecular weight excluding hydrogens is 222 g/mol. The van der Waals surface area contributed by atoms with Gasteiger partial charge in [0.2, 0.25) is 0 Å². The van der Waals surface area contributed by atoms with Crippen LogP contribution >= 0.6 is 0 Å². The average Bonchev–Trinajstić information content (AvgIpc) is 2.38. The number of nitrogens with one attached hydrogen (secondary N) is 1. The number of rotatable bonds is 5. The van der Waals surface area contributed by atoms with E-state index in [1.54, 1.807) is 0 Å². The minimum atomic E-state index is 0.281. The topological polar surface area (TPSA) is 50.9 Å². The van der Waals surface area contributed by atoms with Crippen LogP contribution in [0.25, 0.3) is 10.8 Å². The SMILES string of the molecule is CC(C)CC(CN)Nc1nccc2ccccc12. The Morgan fingerprint density at radius 3 is 2.72 bits per heavy atom. The summed E-state index contributed by atoms with van der Waals surface area (Å²) in [6.45, 7) is 5.05. The van der Waals surface area contributed by atoms with Crippen LogP contribution in [0, 0.1) is 5.92 Å². The maximum Gasteiger partial charge on any atom is 0.134 e. The summed E-state index contributed by atoms with van der Waals surface area (Å²) in [6, 6.07) is 10.6. The summed E-state index contributed by atoms with van der Waals surface area (Å²) < 4.78 is 0. The first-order valence-corrected chi connectivity index (χ1v) is 6.51. The van der Waals surface area contributed by atoms with Crippen molar-refractivity contribution in [1.82, 2.24) is 4.98 Å². The summed E-state index contributed by atoms with van der Waals surface area (Å²) in [7, 11) is 0. The minimum absolute atomic E-state index is 0.281. The van der Waals surface area contributed by atoms with E-state index in [2.05, 4.69) is 36.3 Å². The summed E-state index contributed by atoms with van der Waals surface area (Å²) in [5.74, 6) is 1.56. The highest BCUT2D eigenvalue weighted by molar-refractivity contribution is 5.91. The second-order valence-electron chi connectivity index (χ2n) is 5.09. The summed E-state index contributed by atoms with van der Waals surface area (Å²) in [6.07, 6.45) is 2.90. The van der Waals surface area contributed by atoms with Gasteiger partial charge in [0.1, 0.15) is 5.82 Å². The van der Waals surface area contributed by atoms with Gasteiger partial charge in [-0.15, -0.1) is 0 Å². The van der Waals surface area contributed by atoms with Crippen LogP contribution in [0.2, 0.25) is 0 Å². The highest BCUT2D eigenvalue weighted by atomic mass is 15.0. The van der Waals surface area contributed by atoms with Gasteiger partial charge in [0.25, 0.3) is 0 Å². The van der Waals surface area contributed by atoms with Gasteiger partial charge >= 0.3 is 0 Å². The molecular formula is C15H21N3. The number of aromatic nitrogens is 1. The van der Waals surface area contributed by atoms with E-state index in [4.69, 9.17) is 5.73 Å². The first-order valence-electron chi connectivity index (χ1n) is 6.51. The molecule has 1 aromatic heterocycles. The van der Waals surface area contributed by atoms with E-state index < -0.39 is 0 Å². The average molecular weight is 243 g/mol. The quantitative estimate of drug-likeness (QED) is 0.848. The van der Waals surface area contributed by atoms with E-state index in [0.717, 1.165) is 17.6 Å². The zero-order valence-corrected chi connectivity index (χ0v) is 11.1. The van der Waals surface area contributed by atoms with Crippen molar-refractivity contribution < 1.29 is 0 Å². The highest BCUT2D eigenvalue weighted by Gasteiger charge is 2.11. The Bertz CT molecular complexity index is 503. The van der Waals surface area contributed by atoms with Crippen LogP contribution in [0.1, 0.15) is 20.3 Å². The van der Waals surface area contributed by atoms with E-state index >= 15 is 0 Å². The van der Waals surface area contributed by atoms with Gasteiger partial charge in [-0.2, -0.15) is 0 Å². The number of nitrogens with two attached hydrogens (primary N) is 1. The number of hydrogen-bond donors (Lipinski definition) is 2. The normalized spacial score (nSPS) is 12.9. The zero-order chi connectivity index (χ0) is 13.0. The molecule has 2 rings (SSSR count). The lowest BCUT2D eigenvalue weighted by Gasteiger charge is -2.20. The molecule has 3 heteroatoms. The van der Waals surface area contributed by atoms with E-state index in [9.17, 15) is 0 Å². The third-order valence-corrected chi connectivity index (χ3v) is 3.05. The molecule has 1 heterocycles. The lowest BCUT2D eigenvalue weighted by Crippen LogP contribution is -2.30. The number of hydrogen-bond acceptors (Lipinski definition) is 3. The Balaban J connectivity index is 2.25. The molecule has 0 fully saturated rings. The predicted octanol–water partition coefficient (Wildman–Crippen LogP) is 3.02. The predicted molar refractivity (Wildman–Crippen MR) is 77.7 cm³/mol. The third-order valence-electron chi connectivity index (χ3n) is 3.05. The molecule has 0 aliphatic carbocycles. The van der Waals surface area contributed by atoms with Crippen LogP contribution in [-0.4, -0.2) is 17.6 Å². The van der Waals surface area contributed by atoms with Crippen molar-refractivity contribution in [2.24, 2.45) is 11.7 Å². The van der Waals surface area contributed by atoms with Crippen LogP contribution in [-0.2, 0) is 0 Å². The molecule has 1 unspecified atom stereocenters. The molecule has 1 aromatic carbocycles. The van der Waals surface area contributed by atoms with Crippen LogP contribution in [0.5, 0.6) is 0 Å². The van der Waals surface area contributed by atoms with Gasteiger partial charge in [-0.3, -0.25) is 0 Å². The van der Waals surface area contributed by atoms with Crippen LogP contribution in [0.3, 0.4) is 0 Å². The number of benzene rings is 1.